The molecule has 108 valence electrons. The molecular weight excluding hydrogens is 307 g/mol. The van der Waals surface area contributed by atoms with Crippen LogP contribution in [0.25, 0.3) is 0 Å². The molecule has 2 amide bonds. The van der Waals surface area contributed by atoms with Crippen LogP contribution in [0, 0.1) is 0 Å². The Labute approximate surface area is 133 Å². The lowest BCUT2D eigenvalue weighted by Gasteiger charge is -2.20. The fraction of sp³-hybridized carbons (Fsp3) is 0.188. The highest BCUT2D eigenvalue weighted by molar-refractivity contribution is 6.35. The van der Waals surface area contributed by atoms with E-state index in [1.165, 1.54) is 0 Å². The van der Waals surface area contributed by atoms with Crippen molar-refractivity contribution >= 4 is 34.9 Å². The second-order valence-electron chi connectivity index (χ2n) is 5.15. The zero-order valence-corrected chi connectivity index (χ0v) is 12.7. The molecule has 2 aromatic carbocycles. The summed E-state index contributed by atoms with van der Waals surface area (Å²) < 4.78 is 0. The predicted molar refractivity (Wildman–Crippen MR) is 86.0 cm³/mol. The lowest BCUT2D eigenvalue weighted by atomic mass is 10.1. The van der Waals surface area contributed by atoms with Gasteiger partial charge in [0.05, 0.1) is 5.54 Å². The van der Waals surface area contributed by atoms with Gasteiger partial charge in [-0.1, -0.05) is 47.5 Å². The fourth-order valence-corrected chi connectivity index (χ4v) is 2.95. The third kappa shape index (κ3) is 3.14. The monoisotopic (exact) mass is 320 g/mol. The van der Waals surface area contributed by atoms with Crippen molar-refractivity contribution in [2.24, 2.45) is 0 Å². The quantitative estimate of drug-likeness (QED) is 0.837. The zero-order valence-electron chi connectivity index (χ0n) is 11.2. The molecule has 0 spiro atoms. The van der Waals surface area contributed by atoms with E-state index in [4.69, 9.17) is 23.2 Å². The van der Waals surface area contributed by atoms with Gasteiger partial charge in [-0.2, -0.15) is 0 Å². The number of para-hydroxylation sites is 1. The summed E-state index contributed by atoms with van der Waals surface area (Å²) in [6.07, 6.45) is 1.74. The first-order valence-electron chi connectivity index (χ1n) is 6.69. The first kappa shape index (κ1) is 14.2. The van der Waals surface area contributed by atoms with Gasteiger partial charge in [0.25, 0.3) is 0 Å². The highest BCUT2D eigenvalue weighted by atomic mass is 35.5. The van der Waals surface area contributed by atoms with E-state index in [1.54, 1.807) is 12.1 Å². The smallest absolute Gasteiger partial charge is 0.319 e. The molecule has 0 aliphatic heterocycles. The van der Waals surface area contributed by atoms with E-state index < -0.39 is 0 Å². The minimum Gasteiger partial charge on any atom is -0.328 e. The van der Waals surface area contributed by atoms with E-state index in [1.807, 2.05) is 36.4 Å². The standard InChI is InChI=1S/C16H14Cl2N2O/c17-11-6-7-13(14(18)10-11)16(8-9-16)20-15(21)19-12-4-2-1-3-5-12/h1-7,10H,8-9H2,(H2,19,20,21). The number of amides is 2. The number of rotatable bonds is 3. The third-order valence-corrected chi connectivity index (χ3v) is 4.13. The molecule has 0 heterocycles. The van der Waals surface area contributed by atoms with Crippen LogP contribution in [0.2, 0.25) is 10.0 Å². The molecule has 0 unspecified atom stereocenters. The Hall–Kier alpha value is -1.71. The molecule has 0 bridgehead atoms. The zero-order chi connectivity index (χ0) is 14.9. The van der Waals surface area contributed by atoms with Crippen molar-refractivity contribution in [1.82, 2.24) is 5.32 Å². The van der Waals surface area contributed by atoms with Gasteiger partial charge < -0.3 is 10.6 Å². The Morgan fingerprint density at radius 1 is 1.05 bits per heavy atom. The maximum Gasteiger partial charge on any atom is 0.319 e. The summed E-state index contributed by atoms with van der Waals surface area (Å²) in [5.41, 5.74) is 1.30. The predicted octanol–water partition coefficient (Wildman–Crippen LogP) is 4.80. The third-order valence-electron chi connectivity index (χ3n) is 3.58. The highest BCUT2D eigenvalue weighted by Gasteiger charge is 2.47. The molecule has 1 saturated carbocycles. The van der Waals surface area contributed by atoms with Gasteiger partial charge in [-0.25, -0.2) is 4.79 Å². The molecule has 1 aliphatic rings. The van der Waals surface area contributed by atoms with Gasteiger partial charge in [0.15, 0.2) is 0 Å². The molecule has 1 aliphatic carbocycles. The van der Waals surface area contributed by atoms with Crippen LogP contribution < -0.4 is 10.6 Å². The summed E-state index contributed by atoms with van der Waals surface area (Å²) in [6.45, 7) is 0. The summed E-state index contributed by atoms with van der Waals surface area (Å²) >= 11 is 12.2. The Morgan fingerprint density at radius 3 is 2.38 bits per heavy atom. The van der Waals surface area contributed by atoms with Crippen LogP contribution >= 0.6 is 23.2 Å². The van der Waals surface area contributed by atoms with Crippen LogP contribution in [-0.4, -0.2) is 6.03 Å². The molecule has 1 fully saturated rings. The van der Waals surface area contributed by atoms with Crippen molar-refractivity contribution in [2.75, 3.05) is 5.32 Å². The number of carbonyl (C=O) groups excluding carboxylic acids is 1. The number of hydrogen-bond acceptors (Lipinski definition) is 1. The summed E-state index contributed by atoms with van der Waals surface area (Å²) in [4.78, 5) is 12.1. The topological polar surface area (TPSA) is 41.1 Å². The molecule has 0 saturated heterocycles. The average molecular weight is 321 g/mol. The molecule has 2 aromatic rings. The molecule has 0 radical (unpaired) electrons. The first-order chi connectivity index (χ1) is 10.1. The number of hydrogen-bond donors (Lipinski definition) is 2. The Morgan fingerprint density at radius 2 is 1.76 bits per heavy atom. The number of nitrogens with one attached hydrogen (secondary N) is 2. The van der Waals surface area contributed by atoms with Gasteiger partial charge in [-0.05, 0) is 42.7 Å². The van der Waals surface area contributed by atoms with E-state index in [0.717, 1.165) is 24.1 Å². The average Bonchev–Trinajstić information content (AvgIpc) is 3.20. The number of urea groups is 1. The van der Waals surface area contributed by atoms with E-state index >= 15 is 0 Å². The molecule has 5 heteroatoms. The van der Waals surface area contributed by atoms with Gasteiger partial charge in [0, 0.05) is 15.7 Å². The molecule has 2 N–H and O–H groups in total. The fourth-order valence-electron chi connectivity index (χ4n) is 2.37. The summed E-state index contributed by atoms with van der Waals surface area (Å²) in [7, 11) is 0. The van der Waals surface area contributed by atoms with Crippen molar-refractivity contribution in [3.05, 3.63) is 64.1 Å². The van der Waals surface area contributed by atoms with E-state index in [-0.39, 0.29) is 11.6 Å². The van der Waals surface area contributed by atoms with E-state index in [2.05, 4.69) is 10.6 Å². The highest BCUT2D eigenvalue weighted by Crippen LogP contribution is 2.48. The van der Waals surface area contributed by atoms with Crippen LogP contribution in [0.3, 0.4) is 0 Å². The summed E-state index contributed by atoms with van der Waals surface area (Å²) in [5, 5.41) is 7.01. The second-order valence-corrected chi connectivity index (χ2v) is 6.00. The Kier molecular flexibility index (Phi) is 3.79. The van der Waals surface area contributed by atoms with Crippen molar-refractivity contribution in [3.8, 4) is 0 Å². The normalized spacial score (nSPS) is 15.3. The van der Waals surface area contributed by atoms with Gasteiger partial charge in [0.2, 0.25) is 0 Å². The second kappa shape index (κ2) is 5.58. The van der Waals surface area contributed by atoms with Crippen LogP contribution in [0.4, 0.5) is 10.5 Å². The van der Waals surface area contributed by atoms with Crippen LogP contribution in [-0.2, 0) is 5.54 Å². The van der Waals surface area contributed by atoms with E-state index in [9.17, 15) is 4.79 Å². The lowest BCUT2D eigenvalue weighted by molar-refractivity contribution is 0.247. The van der Waals surface area contributed by atoms with Crippen LogP contribution in [0.5, 0.6) is 0 Å². The molecule has 3 nitrogen and oxygen atoms in total. The minimum atomic E-state index is -0.374. The first-order valence-corrected chi connectivity index (χ1v) is 7.44. The summed E-state index contributed by atoms with van der Waals surface area (Å²) in [6, 6.07) is 14.5. The SMILES string of the molecule is O=C(Nc1ccccc1)NC1(c2ccc(Cl)cc2Cl)CC1. The number of anilines is 1. The molecule has 21 heavy (non-hydrogen) atoms. The van der Waals surface area contributed by atoms with Gasteiger partial charge in [0.1, 0.15) is 0 Å². The van der Waals surface area contributed by atoms with Crippen molar-refractivity contribution in [2.45, 2.75) is 18.4 Å². The van der Waals surface area contributed by atoms with Crippen molar-refractivity contribution in [3.63, 3.8) is 0 Å². The number of benzene rings is 2. The number of halogens is 2. The largest absolute Gasteiger partial charge is 0.328 e. The Balaban J connectivity index is 1.73. The molecular formula is C16H14Cl2N2O. The van der Waals surface area contributed by atoms with Crippen molar-refractivity contribution in [1.29, 1.82) is 0 Å². The van der Waals surface area contributed by atoms with Gasteiger partial charge in [-0.3, -0.25) is 0 Å². The maximum atomic E-state index is 12.1. The maximum absolute atomic E-state index is 12.1. The van der Waals surface area contributed by atoms with Crippen LogP contribution in [0.15, 0.2) is 48.5 Å². The minimum absolute atomic E-state index is 0.232. The Bertz CT molecular complexity index is 669. The molecule has 0 aromatic heterocycles. The molecule has 0 atom stereocenters. The lowest BCUT2D eigenvalue weighted by Crippen LogP contribution is -2.38. The summed E-state index contributed by atoms with van der Waals surface area (Å²) in [5.74, 6) is 0. The van der Waals surface area contributed by atoms with E-state index in [0.29, 0.717) is 10.0 Å². The van der Waals surface area contributed by atoms with Crippen molar-refractivity contribution < 1.29 is 4.79 Å². The number of carbonyl (C=O) groups is 1. The molecule has 3 rings (SSSR count). The van der Waals surface area contributed by atoms with Gasteiger partial charge >= 0.3 is 6.03 Å². The van der Waals surface area contributed by atoms with Crippen LogP contribution in [0.1, 0.15) is 18.4 Å². The van der Waals surface area contributed by atoms with Gasteiger partial charge in [-0.15, -0.1) is 0 Å².